The van der Waals surface area contributed by atoms with Gasteiger partial charge in [0.15, 0.2) is 23.1 Å². The van der Waals surface area contributed by atoms with E-state index in [1.54, 1.807) is 31.5 Å². The van der Waals surface area contributed by atoms with Gasteiger partial charge in [-0.3, -0.25) is 9.88 Å². The molecule has 34 heavy (non-hydrogen) atoms. The molecule has 7 heteroatoms. The molecule has 6 nitrogen and oxygen atoms in total. The second-order valence-electron chi connectivity index (χ2n) is 8.46. The van der Waals surface area contributed by atoms with Gasteiger partial charge in [-0.25, -0.2) is 4.39 Å². The van der Waals surface area contributed by atoms with Crippen LogP contribution >= 0.6 is 0 Å². The average molecular weight is 469 g/mol. The van der Waals surface area contributed by atoms with E-state index in [2.05, 4.69) is 16.8 Å². The van der Waals surface area contributed by atoms with Gasteiger partial charge < -0.3 is 18.9 Å². The molecule has 1 saturated heterocycles. The van der Waals surface area contributed by atoms with Gasteiger partial charge in [0.25, 0.3) is 0 Å². The Labute approximate surface area is 200 Å². The van der Waals surface area contributed by atoms with Crippen LogP contribution in [0.25, 0.3) is 10.9 Å². The number of halogens is 1. The van der Waals surface area contributed by atoms with Gasteiger partial charge in [-0.15, -0.1) is 0 Å². The van der Waals surface area contributed by atoms with E-state index in [4.69, 9.17) is 18.9 Å². The highest BCUT2D eigenvalue weighted by Crippen LogP contribution is 2.37. The monoisotopic (exact) mass is 468 g/mol. The molecule has 3 aromatic rings. The molecule has 0 amide bonds. The lowest BCUT2D eigenvalue weighted by Crippen LogP contribution is -2.37. The Kier molecular flexibility index (Phi) is 8.55. The molecule has 1 aliphatic rings. The van der Waals surface area contributed by atoms with E-state index >= 15 is 0 Å². The smallest absolute Gasteiger partial charge is 0.165 e. The molecule has 0 saturated carbocycles. The van der Waals surface area contributed by atoms with Crippen molar-refractivity contribution in [3.8, 4) is 23.0 Å². The van der Waals surface area contributed by atoms with Crippen LogP contribution in [-0.2, 0) is 11.2 Å². The van der Waals surface area contributed by atoms with Crippen molar-refractivity contribution in [3.05, 3.63) is 54.0 Å². The minimum Gasteiger partial charge on any atom is -0.493 e. The largest absolute Gasteiger partial charge is 0.493 e. The first-order chi connectivity index (χ1) is 16.7. The number of aryl methyl sites for hydroxylation is 1. The predicted molar refractivity (Wildman–Crippen MR) is 131 cm³/mol. The van der Waals surface area contributed by atoms with Crippen molar-refractivity contribution in [2.24, 2.45) is 0 Å². The third-order valence-electron chi connectivity index (χ3n) is 6.00. The number of fused-ring (bicyclic) bond motifs is 1. The normalized spacial score (nSPS) is 14.3. The van der Waals surface area contributed by atoms with Crippen LogP contribution < -0.4 is 14.2 Å². The van der Waals surface area contributed by atoms with Gasteiger partial charge in [-0.2, -0.15) is 0 Å². The number of nitrogens with zero attached hydrogens (tertiary/aromatic N) is 2. The van der Waals surface area contributed by atoms with Gasteiger partial charge >= 0.3 is 0 Å². The molecule has 1 aliphatic heterocycles. The van der Waals surface area contributed by atoms with Crippen molar-refractivity contribution in [2.45, 2.75) is 32.6 Å². The Bertz CT molecular complexity index is 1090. The van der Waals surface area contributed by atoms with Crippen LogP contribution in [0.15, 0.2) is 42.6 Å². The summed E-state index contributed by atoms with van der Waals surface area (Å²) in [5.41, 5.74) is 1.67. The number of ether oxygens (including phenoxy) is 4. The van der Waals surface area contributed by atoms with E-state index in [-0.39, 0.29) is 11.6 Å². The van der Waals surface area contributed by atoms with Gasteiger partial charge in [0, 0.05) is 37.3 Å². The summed E-state index contributed by atoms with van der Waals surface area (Å²) < 4.78 is 37.6. The number of morpholine rings is 1. The number of hydrogen-bond acceptors (Lipinski definition) is 6. The summed E-state index contributed by atoms with van der Waals surface area (Å²) in [7, 11) is 1.60. The topological polar surface area (TPSA) is 53.1 Å². The third-order valence-corrected chi connectivity index (χ3v) is 6.00. The maximum atomic E-state index is 14.7. The summed E-state index contributed by atoms with van der Waals surface area (Å²) >= 11 is 0. The lowest BCUT2D eigenvalue weighted by Gasteiger charge is -2.26. The molecule has 0 spiro atoms. The van der Waals surface area contributed by atoms with Crippen LogP contribution in [0.4, 0.5) is 4.39 Å². The zero-order valence-electron chi connectivity index (χ0n) is 20.0. The standard InChI is InChI=1S/C27H33FN2O4/c1-3-4-6-20-7-8-25(22(28)17-20)34-24-9-10-29-23-19-27(26(31-2)18-21(23)24)33-14-5-11-30-12-15-32-16-13-30/h7-10,17-19H,3-6,11-16H2,1-2H3. The van der Waals surface area contributed by atoms with E-state index < -0.39 is 0 Å². The lowest BCUT2D eigenvalue weighted by atomic mass is 10.1. The SMILES string of the molecule is CCCCc1ccc(Oc2ccnc3cc(OCCCN4CCOCC4)c(OC)cc23)c(F)c1. The van der Waals surface area contributed by atoms with Crippen LogP contribution in [0.1, 0.15) is 31.7 Å². The number of rotatable bonds is 11. The van der Waals surface area contributed by atoms with Crippen molar-refractivity contribution < 1.29 is 23.3 Å². The third kappa shape index (κ3) is 6.15. The van der Waals surface area contributed by atoms with Crippen LogP contribution in [0, 0.1) is 5.82 Å². The van der Waals surface area contributed by atoms with E-state index in [1.807, 2.05) is 18.2 Å². The molecule has 0 unspecified atom stereocenters. The summed E-state index contributed by atoms with van der Waals surface area (Å²) in [6.07, 6.45) is 5.53. The summed E-state index contributed by atoms with van der Waals surface area (Å²) in [4.78, 5) is 6.84. The number of methoxy groups -OCH3 is 1. The molecular formula is C27H33FN2O4. The van der Waals surface area contributed by atoms with Gasteiger partial charge in [0.05, 0.1) is 32.4 Å². The molecule has 0 N–H and O–H groups in total. The minimum absolute atomic E-state index is 0.190. The Morgan fingerprint density at radius 3 is 2.62 bits per heavy atom. The first-order valence-electron chi connectivity index (χ1n) is 12.0. The molecule has 0 bridgehead atoms. The molecule has 0 aliphatic carbocycles. The van der Waals surface area contributed by atoms with E-state index in [0.717, 1.165) is 69.5 Å². The molecule has 182 valence electrons. The second kappa shape index (κ2) is 12.0. The molecule has 0 radical (unpaired) electrons. The number of unbranched alkanes of at least 4 members (excludes halogenated alkanes) is 1. The Balaban J connectivity index is 1.47. The van der Waals surface area contributed by atoms with Crippen LogP contribution in [0.2, 0.25) is 0 Å². The highest BCUT2D eigenvalue weighted by atomic mass is 19.1. The summed E-state index contributed by atoms with van der Waals surface area (Å²) in [6.45, 7) is 7.19. The molecule has 0 atom stereocenters. The van der Waals surface area contributed by atoms with Crippen molar-refractivity contribution in [1.82, 2.24) is 9.88 Å². The van der Waals surface area contributed by atoms with Gasteiger partial charge in [0.1, 0.15) is 5.75 Å². The second-order valence-corrected chi connectivity index (χ2v) is 8.46. The van der Waals surface area contributed by atoms with E-state index in [1.165, 1.54) is 0 Å². The Morgan fingerprint density at radius 2 is 1.85 bits per heavy atom. The first kappa shape index (κ1) is 24.2. The molecule has 1 fully saturated rings. The van der Waals surface area contributed by atoms with Crippen molar-refractivity contribution in [3.63, 3.8) is 0 Å². The quantitative estimate of drug-likeness (QED) is 0.341. The zero-order chi connectivity index (χ0) is 23.8. The summed E-state index contributed by atoms with van der Waals surface area (Å²) in [6, 6.07) is 10.6. The molecule has 1 aromatic heterocycles. The number of hydrogen-bond donors (Lipinski definition) is 0. The zero-order valence-corrected chi connectivity index (χ0v) is 20.0. The summed E-state index contributed by atoms with van der Waals surface area (Å²) in [5, 5.41) is 0.731. The summed E-state index contributed by atoms with van der Waals surface area (Å²) in [5.74, 6) is 1.56. The van der Waals surface area contributed by atoms with Crippen LogP contribution in [-0.4, -0.2) is 56.4 Å². The van der Waals surface area contributed by atoms with Crippen molar-refractivity contribution >= 4 is 10.9 Å². The fraction of sp³-hybridized carbons (Fsp3) is 0.444. The lowest BCUT2D eigenvalue weighted by molar-refractivity contribution is 0.0357. The average Bonchev–Trinajstić information content (AvgIpc) is 2.87. The number of benzene rings is 2. The first-order valence-corrected chi connectivity index (χ1v) is 12.0. The predicted octanol–water partition coefficient (Wildman–Crippen LogP) is 5.62. The van der Waals surface area contributed by atoms with E-state index in [9.17, 15) is 4.39 Å². The highest BCUT2D eigenvalue weighted by Gasteiger charge is 2.15. The van der Waals surface area contributed by atoms with Crippen molar-refractivity contribution in [2.75, 3.05) is 46.6 Å². The molecule has 2 aromatic carbocycles. The van der Waals surface area contributed by atoms with Crippen LogP contribution in [0.3, 0.4) is 0 Å². The van der Waals surface area contributed by atoms with E-state index in [0.29, 0.717) is 29.4 Å². The number of aromatic nitrogens is 1. The van der Waals surface area contributed by atoms with Gasteiger partial charge in [-0.05, 0) is 49.1 Å². The highest BCUT2D eigenvalue weighted by molar-refractivity contribution is 5.88. The van der Waals surface area contributed by atoms with Crippen molar-refractivity contribution in [1.29, 1.82) is 0 Å². The fourth-order valence-corrected chi connectivity index (χ4v) is 4.07. The maximum Gasteiger partial charge on any atom is 0.165 e. The van der Waals surface area contributed by atoms with Gasteiger partial charge in [0.2, 0.25) is 0 Å². The maximum absolute atomic E-state index is 14.7. The van der Waals surface area contributed by atoms with Crippen LogP contribution in [0.5, 0.6) is 23.0 Å². The fourth-order valence-electron chi connectivity index (χ4n) is 4.07. The molecular weight excluding hydrogens is 435 g/mol. The molecule has 2 heterocycles. The molecule has 4 rings (SSSR count). The minimum atomic E-state index is -0.370. The Hall–Kier alpha value is -2.90. The number of pyridine rings is 1. The Morgan fingerprint density at radius 1 is 1.00 bits per heavy atom. The van der Waals surface area contributed by atoms with Gasteiger partial charge in [-0.1, -0.05) is 19.4 Å².